The normalized spacial score (nSPS) is 11.1. The Bertz CT molecular complexity index is 505. The number of hydrogen-bond acceptors (Lipinski definition) is 4. The summed E-state index contributed by atoms with van der Waals surface area (Å²) >= 11 is 0. The molecule has 0 aliphatic rings. The summed E-state index contributed by atoms with van der Waals surface area (Å²) in [5.74, 6) is 2.15. The van der Waals surface area contributed by atoms with Gasteiger partial charge in [-0.15, -0.1) is 0 Å². The first-order chi connectivity index (χ1) is 7.67. The molecule has 0 aliphatic heterocycles. The Kier molecular flexibility index (Phi) is 2.68. The van der Waals surface area contributed by atoms with Crippen molar-refractivity contribution >= 4 is 5.78 Å². The molecule has 2 heterocycles. The van der Waals surface area contributed by atoms with E-state index in [-0.39, 0.29) is 0 Å². The molecule has 5 heteroatoms. The average Bonchev–Trinajstić information content (AvgIpc) is 2.71. The zero-order chi connectivity index (χ0) is 11.7. The van der Waals surface area contributed by atoms with Crippen LogP contribution in [0.4, 0.5) is 0 Å². The Balaban J connectivity index is 2.72. The van der Waals surface area contributed by atoms with Crippen LogP contribution in [-0.2, 0) is 0 Å². The Labute approximate surface area is 94.0 Å². The van der Waals surface area contributed by atoms with Crippen molar-refractivity contribution in [3.63, 3.8) is 0 Å². The van der Waals surface area contributed by atoms with Gasteiger partial charge in [-0.1, -0.05) is 13.8 Å². The van der Waals surface area contributed by atoms with E-state index in [2.05, 4.69) is 23.8 Å². The van der Waals surface area contributed by atoms with Gasteiger partial charge < -0.3 is 9.47 Å². The minimum absolute atomic E-state index is 0.360. The lowest BCUT2D eigenvalue weighted by atomic mass is 10.1. The minimum atomic E-state index is 0.360. The lowest BCUT2D eigenvalue weighted by Crippen LogP contribution is -2.02. The lowest BCUT2D eigenvalue weighted by molar-refractivity contribution is 0.368. The van der Waals surface area contributed by atoms with Crippen molar-refractivity contribution in [1.82, 2.24) is 14.4 Å². The van der Waals surface area contributed by atoms with E-state index >= 15 is 0 Å². The van der Waals surface area contributed by atoms with Gasteiger partial charge in [-0.3, -0.25) is 4.40 Å². The van der Waals surface area contributed by atoms with Crippen LogP contribution in [0.5, 0.6) is 11.8 Å². The van der Waals surface area contributed by atoms with Gasteiger partial charge in [-0.25, -0.2) is 4.98 Å². The first kappa shape index (κ1) is 10.7. The number of fused-ring (bicyclic) bond motifs is 1. The standard InChI is InChI=1S/C11H15N3O2/c1-7(2)8-6-12-11-13-9(15-3)5-10(16-4)14(8)11/h5-7H,1-4H3. The topological polar surface area (TPSA) is 48.7 Å². The van der Waals surface area contributed by atoms with Crippen LogP contribution in [-0.4, -0.2) is 28.6 Å². The summed E-state index contributed by atoms with van der Waals surface area (Å²) in [4.78, 5) is 8.50. The fourth-order valence-electron chi connectivity index (χ4n) is 1.62. The van der Waals surface area contributed by atoms with Gasteiger partial charge in [0.25, 0.3) is 0 Å². The van der Waals surface area contributed by atoms with Crippen molar-refractivity contribution in [2.24, 2.45) is 0 Å². The molecule has 0 radical (unpaired) electrons. The molecule has 2 rings (SSSR count). The third-order valence-electron chi connectivity index (χ3n) is 2.46. The fourth-order valence-corrected chi connectivity index (χ4v) is 1.62. The molecular weight excluding hydrogens is 206 g/mol. The van der Waals surface area contributed by atoms with Crippen LogP contribution in [0.2, 0.25) is 0 Å². The summed E-state index contributed by atoms with van der Waals surface area (Å²) in [5, 5.41) is 0. The van der Waals surface area contributed by atoms with E-state index in [0.29, 0.717) is 23.5 Å². The number of hydrogen-bond donors (Lipinski definition) is 0. The summed E-state index contributed by atoms with van der Waals surface area (Å²) in [7, 11) is 3.20. The van der Waals surface area contributed by atoms with E-state index in [1.807, 2.05) is 10.6 Å². The molecule has 0 atom stereocenters. The fraction of sp³-hybridized carbons (Fsp3) is 0.455. The summed E-state index contributed by atoms with van der Waals surface area (Å²) in [6.45, 7) is 4.21. The minimum Gasteiger partial charge on any atom is -0.482 e. The third-order valence-corrected chi connectivity index (χ3v) is 2.46. The predicted molar refractivity (Wildman–Crippen MR) is 60.2 cm³/mol. The predicted octanol–water partition coefficient (Wildman–Crippen LogP) is 1.87. The van der Waals surface area contributed by atoms with Crippen LogP contribution in [0.3, 0.4) is 0 Å². The van der Waals surface area contributed by atoms with Gasteiger partial charge >= 0.3 is 0 Å². The number of ether oxygens (including phenoxy) is 2. The van der Waals surface area contributed by atoms with E-state index < -0.39 is 0 Å². The quantitative estimate of drug-likeness (QED) is 0.793. The van der Waals surface area contributed by atoms with Gasteiger partial charge in [0, 0.05) is 0 Å². The maximum absolute atomic E-state index is 5.32. The molecule has 0 amide bonds. The molecule has 0 aromatic carbocycles. The number of imidazole rings is 1. The Morgan fingerprint density at radius 1 is 1.25 bits per heavy atom. The van der Waals surface area contributed by atoms with Crippen LogP contribution >= 0.6 is 0 Å². The second-order valence-corrected chi connectivity index (χ2v) is 3.81. The van der Waals surface area contributed by atoms with Crippen LogP contribution in [0, 0.1) is 0 Å². The SMILES string of the molecule is COc1cc(OC)n2c(C(C)C)cnc2n1. The molecule has 0 spiro atoms. The molecule has 5 nitrogen and oxygen atoms in total. The van der Waals surface area contributed by atoms with Gasteiger partial charge in [0.15, 0.2) is 0 Å². The Morgan fingerprint density at radius 2 is 2.00 bits per heavy atom. The molecule has 2 aromatic rings. The summed E-state index contributed by atoms with van der Waals surface area (Å²) in [5.41, 5.74) is 1.07. The van der Waals surface area contributed by atoms with Gasteiger partial charge in [0.05, 0.1) is 32.2 Å². The maximum atomic E-state index is 5.32. The first-order valence-electron chi connectivity index (χ1n) is 5.13. The summed E-state index contributed by atoms with van der Waals surface area (Å²) < 4.78 is 12.3. The van der Waals surface area contributed by atoms with Crippen molar-refractivity contribution in [3.8, 4) is 11.8 Å². The van der Waals surface area contributed by atoms with Crippen LogP contribution < -0.4 is 9.47 Å². The zero-order valence-corrected chi connectivity index (χ0v) is 9.89. The monoisotopic (exact) mass is 221 g/mol. The molecule has 0 bridgehead atoms. The Hall–Kier alpha value is -1.78. The van der Waals surface area contributed by atoms with Crippen LogP contribution in [0.1, 0.15) is 25.5 Å². The number of aromatic nitrogens is 3. The molecule has 86 valence electrons. The van der Waals surface area contributed by atoms with Crippen molar-refractivity contribution < 1.29 is 9.47 Å². The summed E-state index contributed by atoms with van der Waals surface area (Å²) in [6.07, 6.45) is 1.81. The highest BCUT2D eigenvalue weighted by Crippen LogP contribution is 2.24. The zero-order valence-electron chi connectivity index (χ0n) is 9.89. The molecule has 0 N–H and O–H groups in total. The summed E-state index contributed by atoms with van der Waals surface area (Å²) in [6, 6.07) is 1.75. The molecule has 0 saturated carbocycles. The molecule has 16 heavy (non-hydrogen) atoms. The smallest absolute Gasteiger partial charge is 0.240 e. The molecule has 0 saturated heterocycles. The van der Waals surface area contributed by atoms with Gasteiger partial charge in [-0.05, 0) is 5.92 Å². The highest BCUT2D eigenvalue weighted by molar-refractivity contribution is 5.41. The van der Waals surface area contributed by atoms with Crippen molar-refractivity contribution in [1.29, 1.82) is 0 Å². The van der Waals surface area contributed by atoms with Crippen molar-refractivity contribution in [2.45, 2.75) is 19.8 Å². The molecule has 0 fully saturated rings. The largest absolute Gasteiger partial charge is 0.482 e. The second-order valence-electron chi connectivity index (χ2n) is 3.81. The van der Waals surface area contributed by atoms with Gasteiger partial charge in [0.2, 0.25) is 17.5 Å². The average molecular weight is 221 g/mol. The van der Waals surface area contributed by atoms with E-state index in [4.69, 9.17) is 9.47 Å². The van der Waals surface area contributed by atoms with Crippen molar-refractivity contribution in [3.05, 3.63) is 18.0 Å². The van der Waals surface area contributed by atoms with Gasteiger partial charge in [-0.2, -0.15) is 4.98 Å². The van der Waals surface area contributed by atoms with E-state index in [9.17, 15) is 0 Å². The Morgan fingerprint density at radius 3 is 2.56 bits per heavy atom. The van der Waals surface area contributed by atoms with Crippen LogP contribution in [0.15, 0.2) is 12.3 Å². The van der Waals surface area contributed by atoms with E-state index in [1.165, 1.54) is 0 Å². The highest BCUT2D eigenvalue weighted by Gasteiger charge is 2.13. The van der Waals surface area contributed by atoms with Crippen LogP contribution in [0.25, 0.3) is 5.78 Å². The molecule has 0 aliphatic carbocycles. The highest BCUT2D eigenvalue weighted by atomic mass is 16.5. The molecule has 2 aromatic heterocycles. The second kappa shape index (κ2) is 4.00. The van der Waals surface area contributed by atoms with E-state index in [1.54, 1.807) is 20.3 Å². The molecular formula is C11H15N3O2. The molecule has 0 unspecified atom stereocenters. The number of rotatable bonds is 3. The lowest BCUT2D eigenvalue weighted by Gasteiger charge is -2.10. The third kappa shape index (κ3) is 1.58. The number of nitrogens with zero attached hydrogens (tertiary/aromatic N) is 3. The van der Waals surface area contributed by atoms with Gasteiger partial charge in [0.1, 0.15) is 0 Å². The maximum Gasteiger partial charge on any atom is 0.240 e. The number of methoxy groups -OCH3 is 2. The van der Waals surface area contributed by atoms with E-state index in [0.717, 1.165) is 5.69 Å². The first-order valence-corrected chi connectivity index (χ1v) is 5.13. The van der Waals surface area contributed by atoms with Crippen molar-refractivity contribution in [2.75, 3.05) is 14.2 Å².